The molecule has 0 atom stereocenters. The van der Waals surface area contributed by atoms with Crippen LogP contribution in [0, 0.1) is 0 Å². The highest BCUT2D eigenvalue weighted by atomic mass is 32.1. The van der Waals surface area contributed by atoms with Gasteiger partial charge in [-0.25, -0.2) is 0 Å². The van der Waals surface area contributed by atoms with Gasteiger partial charge < -0.3 is 5.32 Å². The van der Waals surface area contributed by atoms with Crippen LogP contribution in [-0.4, -0.2) is 11.3 Å². The van der Waals surface area contributed by atoms with Crippen molar-refractivity contribution in [2.45, 2.75) is 6.42 Å². The van der Waals surface area contributed by atoms with E-state index in [4.69, 9.17) is 12.2 Å². The van der Waals surface area contributed by atoms with Crippen molar-refractivity contribution < 1.29 is 4.79 Å². The van der Waals surface area contributed by atoms with Gasteiger partial charge in [0.1, 0.15) is 0 Å². The van der Waals surface area contributed by atoms with Gasteiger partial charge in [0.15, 0.2) is 0 Å². The molecule has 0 bridgehead atoms. The fraction of sp³-hybridized carbons (Fsp3) is 0.143. The SMILES string of the molecule is O=[C]NC1=CC=CCC1=S. The Hall–Kier alpha value is -0.960. The second-order valence-corrected chi connectivity index (χ2v) is 2.36. The molecule has 0 fully saturated rings. The molecule has 0 aromatic heterocycles. The van der Waals surface area contributed by atoms with Gasteiger partial charge in [0.05, 0.1) is 5.70 Å². The Kier molecular flexibility index (Phi) is 2.34. The van der Waals surface area contributed by atoms with Crippen LogP contribution in [0.3, 0.4) is 0 Å². The third-order valence-electron chi connectivity index (χ3n) is 1.19. The van der Waals surface area contributed by atoms with Crippen molar-refractivity contribution in [1.29, 1.82) is 0 Å². The van der Waals surface area contributed by atoms with Crippen LogP contribution in [0.15, 0.2) is 23.9 Å². The molecule has 1 N–H and O–H groups in total. The van der Waals surface area contributed by atoms with E-state index >= 15 is 0 Å². The van der Waals surface area contributed by atoms with E-state index < -0.39 is 0 Å². The highest BCUT2D eigenvalue weighted by Gasteiger charge is 2.03. The Morgan fingerprint density at radius 3 is 3.10 bits per heavy atom. The average molecular weight is 152 g/mol. The molecule has 0 aliphatic heterocycles. The van der Waals surface area contributed by atoms with Crippen molar-refractivity contribution in [3.05, 3.63) is 23.9 Å². The first kappa shape index (κ1) is 7.15. The average Bonchev–Trinajstić information content (AvgIpc) is 1.94. The summed E-state index contributed by atoms with van der Waals surface area (Å²) in [6.45, 7) is 0. The molecule has 1 radical (unpaired) electrons. The summed E-state index contributed by atoms with van der Waals surface area (Å²) < 4.78 is 0. The Labute approximate surface area is 64.6 Å². The minimum absolute atomic E-state index is 0.688. The molecule has 2 nitrogen and oxygen atoms in total. The smallest absolute Gasteiger partial charge is 0.314 e. The zero-order valence-electron chi connectivity index (χ0n) is 5.26. The van der Waals surface area contributed by atoms with Gasteiger partial charge in [-0.15, -0.1) is 0 Å². The normalized spacial score (nSPS) is 16.4. The first-order valence-corrected chi connectivity index (χ1v) is 3.28. The van der Waals surface area contributed by atoms with Gasteiger partial charge in [-0.2, -0.15) is 0 Å². The molecule has 1 rings (SSSR count). The first-order valence-electron chi connectivity index (χ1n) is 2.88. The van der Waals surface area contributed by atoms with E-state index in [9.17, 15) is 4.79 Å². The largest absolute Gasteiger partial charge is 0.317 e. The van der Waals surface area contributed by atoms with Crippen molar-refractivity contribution in [2.75, 3.05) is 0 Å². The van der Waals surface area contributed by atoms with Crippen molar-refractivity contribution in [3.63, 3.8) is 0 Å². The number of nitrogens with one attached hydrogen (secondary N) is 1. The first-order chi connectivity index (χ1) is 4.84. The van der Waals surface area contributed by atoms with E-state index in [2.05, 4.69) is 5.32 Å². The summed E-state index contributed by atoms with van der Waals surface area (Å²) in [7, 11) is 0. The predicted octanol–water partition coefficient (Wildman–Crippen LogP) is 0.857. The lowest BCUT2D eigenvalue weighted by atomic mass is 10.1. The lowest BCUT2D eigenvalue weighted by molar-refractivity contribution is 0.549. The summed E-state index contributed by atoms with van der Waals surface area (Å²) in [5.74, 6) is 0. The van der Waals surface area contributed by atoms with E-state index in [-0.39, 0.29) is 0 Å². The molecule has 10 heavy (non-hydrogen) atoms. The van der Waals surface area contributed by atoms with Crippen LogP contribution >= 0.6 is 12.2 Å². The monoisotopic (exact) mass is 152 g/mol. The highest BCUT2D eigenvalue weighted by molar-refractivity contribution is 7.80. The number of amides is 1. The van der Waals surface area contributed by atoms with Gasteiger partial charge in [-0.05, 0) is 6.08 Å². The molecule has 0 aromatic carbocycles. The fourth-order valence-electron chi connectivity index (χ4n) is 0.709. The number of rotatable bonds is 2. The summed E-state index contributed by atoms with van der Waals surface area (Å²) in [5, 5.41) is 2.40. The van der Waals surface area contributed by atoms with Crippen LogP contribution in [-0.2, 0) is 4.79 Å². The van der Waals surface area contributed by atoms with Crippen LogP contribution in [0.5, 0.6) is 0 Å². The van der Waals surface area contributed by atoms with Crippen LogP contribution < -0.4 is 5.32 Å². The van der Waals surface area contributed by atoms with Crippen molar-refractivity contribution in [1.82, 2.24) is 5.32 Å². The molecule has 0 aromatic rings. The van der Waals surface area contributed by atoms with Crippen molar-refractivity contribution in [2.24, 2.45) is 0 Å². The molecule has 0 spiro atoms. The third-order valence-corrected chi connectivity index (χ3v) is 1.57. The van der Waals surface area contributed by atoms with E-state index in [1.54, 1.807) is 12.5 Å². The maximum absolute atomic E-state index is 9.86. The molecular weight excluding hydrogens is 146 g/mol. The zero-order chi connectivity index (χ0) is 7.40. The molecule has 1 aliphatic rings. The van der Waals surface area contributed by atoms with E-state index in [0.29, 0.717) is 5.70 Å². The molecule has 1 amide bonds. The molecule has 0 heterocycles. The van der Waals surface area contributed by atoms with Gasteiger partial charge in [-0.3, -0.25) is 4.79 Å². The predicted molar refractivity (Wildman–Crippen MR) is 43.3 cm³/mol. The second kappa shape index (κ2) is 3.27. The van der Waals surface area contributed by atoms with Gasteiger partial charge in [0.2, 0.25) is 0 Å². The van der Waals surface area contributed by atoms with E-state index in [1.165, 1.54) is 0 Å². The molecular formula is C7H6NOS. The minimum Gasteiger partial charge on any atom is -0.317 e. The Balaban J connectivity index is 2.70. The lowest BCUT2D eigenvalue weighted by Gasteiger charge is -2.06. The molecule has 51 valence electrons. The molecule has 0 saturated heterocycles. The summed E-state index contributed by atoms with van der Waals surface area (Å²) >= 11 is 4.93. The summed E-state index contributed by atoms with van der Waals surface area (Å²) in [5.41, 5.74) is 0.688. The number of hydrogen-bond acceptors (Lipinski definition) is 2. The maximum atomic E-state index is 9.86. The quantitative estimate of drug-likeness (QED) is 0.469. The molecule has 1 aliphatic carbocycles. The van der Waals surface area contributed by atoms with Gasteiger partial charge >= 0.3 is 6.41 Å². The topological polar surface area (TPSA) is 29.1 Å². The summed E-state index contributed by atoms with van der Waals surface area (Å²) in [6, 6.07) is 0. The second-order valence-electron chi connectivity index (χ2n) is 1.86. The zero-order valence-corrected chi connectivity index (χ0v) is 6.07. The minimum atomic E-state index is 0.688. The van der Waals surface area contributed by atoms with Crippen LogP contribution in [0.4, 0.5) is 0 Å². The van der Waals surface area contributed by atoms with Crippen LogP contribution in [0.2, 0.25) is 0 Å². The number of thiocarbonyl (C=S) groups is 1. The molecule has 0 saturated carbocycles. The van der Waals surface area contributed by atoms with E-state index in [1.807, 2.05) is 12.2 Å². The number of hydrogen-bond donors (Lipinski definition) is 1. The van der Waals surface area contributed by atoms with Crippen LogP contribution in [0.1, 0.15) is 6.42 Å². The Morgan fingerprint density at radius 1 is 1.70 bits per heavy atom. The standard InChI is InChI=1S/C7H6NOS/c9-5-8-6-3-1-2-4-7(6)10/h1-3H,4H2,(H,8,9). The van der Waals surface area contributed by atoms with Gasteiger partial charge in [0.25, 0.3) is 0 Å². The Morgan fingerprint density at radius 2 is 2.50 bits per heavy atom. The molecule has 3 heteroatoms. The summed E-state index contributed by atoms with van der Waals surface area (Å²) in [6.07, 6.45) is 7.87. The van der Waals surface area contributed by atoms with Crippen molar-refractivity contribution in [3.8, 4) is 0 Å². The maximum Gasteiger partial charge on any atom is 0.314 e. The highest BCUT2D eigenvalue weighted by Crippen LogP contribution is 2.05. The lowest BCUT2D eigenvalue weighted by Crippen LogP contribution is -2.18. The van der Waals surface area contributed by atoms with E-state index in [0.717, 1.165) is 11.3 Å². The van der Waals surface area contributed by atoms with Gasteiger partial charge in [0, 0.05) is 11.3 Å². The van der Waals surface area contributed by atoms with Crippen molar-refractivity contribution >= 4 is 23.5 Å². The number of carbonyl (C=O) groups excluding carboxylic acids is 1. The third kappa shape index (κ3) is 1.51. The molecule has 0 unspecified atom stereocenters. The Bertz CT molecular complexity index is 218. The fourth-order valence-corrected chi connectivity index (χ4v) is 0.924. The van der Waals surface area contributed by atoms with Gasteiger partial charge in [-0.1, -0.05) is 24.4 Å². The van der Waals surface area contributed by atoms with Crippen LogP contribution in [0.25, 0.3) is 0 Å². The summed E-state index contributed by atoms with van der Waals surface area (Å²) in [4.78, 5) is 10.6. The number of allylic oxidation sites excluding steroid dienone is 4.